The van der Waals surface area contributed by atoms with Crippen molar-refractivity contribution in [2.24, 2.45) is 7.05 Å². The monoisotopic (exact) mass is 359 g/mol. The van der Waals surface area contributed by atoms with E-state index in [-0.39, 0.29) is 30.1 Å². The lowest BCUT2D eigenvalue weighted by Crippen LogP contribution is -2.39. The van der Waals surface area contributed by atoms with E-state index in [2.05, 4.69) is 10.6 Å². The van der Waals surface area contributed by atoms with Crippen LogP contribution in [-0.2, 0) is 11.8 Å². The SMILES string of the molecule is Cn1c(=O)oc2c(C(=O)NCC(O)CNC(=O)C=C3CCC3)cccc21. The number of oxazole rings is 1. The molecule has 1 aromatic carbocycles. The number of hydrogen-bond acceptors (Lipinski definition) is 5. The maximum atomic E-state index is 12.3. The van der Waals surface area contributed by atoms with Gasteiger partial charge in [-0.15, -0.1) is 0 Å². The highest BCUT2D eigenvalue weighted by Gasteiger charge is 2.17. The minimum absolute atomic E-state index is 0.0352. The summed E-state index contributed by atoms with van der Waals surface area (Å²) in [6.07, 6.45) is 3.65. The van der Waals surface area contributed by atoms with Gasteiger partial charge >= 0.3 is 5.76 Å². The number of aromatic nitrogens is 1. The summed E-state index contributed by atoms with van der Waals surface area (Å²) in [5.74, 6) is -1.25. The van der Waals surface area contributed by atoms with Gasteiger partial charge in [-0.05, 0) is 31.4 Å². The summed E-state index contributed by atoms with van der Waals surface area (Å²) in [4.78, 5) is 35.6. The second-order valence-electron chi connectivity index (χ2n) is 6.35. The number of carbonyl (C=O) groups excluding carboxylic acids is 2. The van der Waals surface area contributed by atoms with Crippen molar-refractivity contribution in [2.75, 3.05) is 13.1 Å². The first kappa shape index (κ1) is 17.9. The lowest BCUT2D eigenvalue weighted by atomic mass is 9.92. The first-order valence-electron chi connectivity index (χ1n) is 8.48. The number of aryl methyl sites for hydroxylation is 1. The topological polar surface area (TPSA) is 114 Å². The van der Waals surface area contributed by atoms with Crippen molar-refractivity contribution in [3.05, 3.63) is 46.0 Å². The van der Waals surface area contributed by atoms with Gasteiger partial charge in [0.1, 0.15) is 0 Å². The Hall–Kier alpha value is -2.87. The number of nitrogens with one attached hydrogen (secondary N) is 2. The average Bonchev–Trinajstić information content (AvgIpc) is 2.88. The van der Waals surface area contributed by atoms with Gasteiger partial charge in [-0.2, -0.15) is 0 Å². The molecule has 138 valence electrons. The number of allylic oxidation sites excluding steroid dienone is 1. The predicted octanol–water partition coefficient (Wildman–Crippen LogP) is 0.449. The second kappa shape index (κ2) is 7.57. The van der Waals surface area contributed by atoms with Crippen molar-refractivity contribution < 1.29 is 19.1 Å². The highest BCUT2D eigenvalue weighted by atomic mass is 16.4. The van der Waals surface area contributed by atoms with Crippen LogP contribution in [0.5, 0.6) is 0 Å². The Kier molecular flexibility index (Phi) is 5.22. The molecule has 1 unspecified atom stereocenters. The van der Waals surface area contributed by atoms with Crippen LogP contribution in [0.1, 0.15) is 29.6 Å². The minimum Gasteiger partial charge on any atom is -0.407 e. The molecule has 3 N–H and O–H groups in total. The molecule has 0 radical (unpaired) electrons. The van der Waals surface area contributed by atoms with Crippen LogP contribution in [0.15, 0.2) is 39.1 Å². The summed E-state index contributed by atoms with van der Waals surface area (Å²) < 4.78 is 6.42. The number of aliphatic hydroxyl groups is 1. The van der Waals surface area contributed by atoms with E-state index in [0.717, 1.165) is 24.8 Å². The highest BCUT2D eigenvalue weighted by Crippen LogP contribution is 2.24. The van der Waals surface area contributed by atoms with E-state index in [4.69, 9.17) is 4.42 Å². The molecule has 0 aliphatic heterocycles. The van der Waals surface area contributed by atoms with Crippen LogP contribution in [0.4, 0.5) is 0 Å². The van der Waals surface area contributed by atoms with Crippen molar-refractivity contribution in [1.29, 1.82) is 0 Å². The Morgan fingerprint density at radius 3 is 2.73 bits per heavy atom. The van der Waals surface area contributed by atoms with Crippen LogP contribution in [0.2, 0.25) is 0 Å². The Bertz CT molecular complexity index is 919. The van der Waals surface area contributed by atoms with E-state index in [0.29, 0.717) is 5.52 Å². The third-order valence-electron chi connectivity index (χ3n) is 4.40. The highest BCUT2D eigenvalue weighted by molar-refractivity contribution is 6.04. The van der Waals surface area contributed by atoms with Crippen LogP contribution in [0.3, 0.4) is 0 Å². The van der Waals surface area contributed by atoms with Gasteiger partial charge in [-0.1, -0.05) is 11.6 Å². The molecule has 0 spiro atoms. The van der Waals surface area contributed by atoms with Crippen molar-refractivity contribution in [3.63, 3.8) is 0 Å². The number of benzene rings is 1. The number of rotatable bonds is 6. The number of para-hydroxylation sites is 1. The maximum absolute atomic E-state index is 12.3. The maximum Gasteiger partial charge on any atom is 0.419 e. The third kappa shape index (κ3) is 3.85. The fraction of sp³-hybridized carbons (Fsp3) is 0.389. The number of fused-ring (bicyclic) bond motifs is 1. The summed E-state index contributed by atoms with van der Waals surface area (Å²) in [6.45, 7) is -0.00332. The van der Waals surface area contributed by atoms with Gasteiger partial charge in [0, 0.05) is 26.2 Å². The zero-order chi connectivity index (χ0) is 18.7. The van der Waals surface area contributed by atoms with Crippen molar-refractivity contribution in [2.45, 2.75) is 25.4 Å². The zero-order valence-corrected chi connectivity index (χ0v) is 14.4. The Labute approximate surface area is 149 Å². The van der Waals surface area contributed by atoms with Gasteiger partial charge in [0.25, 0.3) is 5.91 Å². The van der Waals surface area contributed by atoms with Crippen LogP contribution in [-0.4, -0.2) is 40.7 Å². The quantitative estimate of drug-likeness (QED) is 0.648. The first-order valence-corrected chi connectivity index (χ1v) is 8.48. The van der Waals surface area contributed by atoms with Crippen molar-refractivity contribution in [3.8, 4) is 0 Å². The Morgan fingerprint density at radius 1 is 1.31 bits per heavy atom. The summed E-state index contributed by atoms with van der Waals surface area (Å²) in [7, 11) is 1.56. The van der Waals surface area contributed by atoms with Gasteiger partial charge in [0.2, 0.25) is 5.91 Å². The molecule has 26 heavy (non-hydrogen) atoms. The fourth-order valence-electron chi connectivity index (χ4n) is 2.69. The number of hydrogen-bond donors (Lipinski definition) is 3. The van der Waals surface area contributed by atoms with E-state index in [1.807, 2.05) is 0 Å². The van der Waals surface area contributed by atoms with E-state index in [1.54, 1.807) is 31.3 Å². The van der Waals surface area contributed by atoms with Gasteiger partial charge in [0.05, 0.1) is 17.2 Å². The second-order valence-corrected chi connectivity index (χ2v) is 6.35. The van der Waals surface area contributed by atoms with Crippen molar-refractivity contribution in [1.82, 2.24) is 15.2 Å². The molecule has 2 amide bonds. The summed E-state index contributed by atoms with van der Waals surface area (Å²) in [5.41, 5.74) is 2.04. The summed E-state index contributed by atoms with van der Waals surface area (Å²) in [6, 6.07) is 4.87. The largest absolute Gasteiger partial charge is 0.419 e. The Balaban J connectivity index is 1.54. The summed E-state index contributed by atoms with van der Waals surface area (Å²) >= 11 is 0. The van der Waals surface area contributed by atoms with Crippen LogP contribution >= 0.6 is 0 Å². The molecule has 1 aliphatic carbocycles. The van der Waals surface area contributed by atoms with Gasteiger partial charge in [0.15, 0.2) is 5.58 Å². The Morgan fingerprint density at radius 2 is 2.04 bits per heavy atom. The van der Waals surface area contributed by atoms with E-state index in [9.17, 15) is 19.5 Å². The number of nitrogens with zero attached hydrogens (tertiary/aromatic N) is 1. The van der Waals surface area contributed by atoms with Gasteiger partial charge < -0.3 is 20.2 Å². The molecular weight excluding hydrogens is 338 g/mol. The molecule has 1 heterocycles. The van der Waals surface area contributed by atoms with Crippen LogP contribution in [0, 0.1) is 0 Å². The molecule has 1 fully saturated rings. The van der Waals surface area contributed by atoms with Crippen LogP contribution in [0.25, 0.3) is 11.1 Å². The third-order valence-corrected chi connectivity index (χ3v) is 4.40. The lowest BCUT2D eigenvalue weighted by molar-refractivity contribution is -0.117. The molecule has 1 aliphatic rings. The fourth-order valence-corrected chi connectivity index (χ4v) is 2.69. The number of amides is 2. The predicted molar refractivity (Wildman–Crippen MR) is 94.7 cm³/mol. The molecule has 0 bridgehead atoms. The average molecular weight is 359 g/mol. The number of aliphatic hydroxyl groups excluding tert-OH is 1. The number of carbonyl (C=O) groups is 2. The molecular formula is C18H21N3O5. The van der Waals surface area contributed by atoms with E-state index in [1.165, 1.54) is 4.57 Å². The molecule has 1 aromatic heterocycles. The molecule has 8 heteroatoms. The molecule has 1 saturated carbocycles. The van der Waals surface area contributed by atoms with E-state index >= 15 is 0 Å². The molecule has 0 saturated heterocycles. The summed E-state index contributed by atoms with van der Waals surface area (Å²) in [5, 5.41) is 15.1. The van der Waals surface area contributed by atoms with Crippen LogP contribution < -0.4 is 16.4 Å². The molecule has 3 rings (SSSR count). The zero-order valence-electron chi connectivity index (χ0n) is 14.4. The molecule has 2 aromatic rings. The smallest absolute Gasteiger partial charge is 0.407 e. The lowest BCUT2D eigenvalue weighted by Gasteiger charge is -2.16. The first-order chi connectivity index (χ1) is 12.5. The standard InChI is InChI=1S/C18H21N3O5/c1-21-14-7-3-6-13(16(14)26-18(21)25)17(24)20-10-12(22)9-19-15(23)8-11-4-2-5-11/h3,6-8,12,22H,2,4-5,9-10H2,1H3,(H,19,23)(H,20,24). The minimum atomic E-state index is -0.926. The van der Waals surface area contributed by atoms with Gasteiger partial charge in [-0.3, -0.25) is 14.2 Å². The van der Waals surface area contributed by atoms with E-state index < -0.39 is 17.8 Å². The normalized spacial score (nSPS) is 14.6. The molecule has 8 nitrogen and oxygen atoms in total. The van der Waals surface area contributed by atoms with Crippen molar-refractivity contribution >= 4 is 22.9 Å². The van der Waals surface area contributed by atoms with Gasteiger partial charge in [-0.25, -0.2) is 4.79 Å². The molecule has 1 atom stereocenters.